The Bertz CT molecular complexity index is 3990. The monoisotopic (exact) mass is 1580 g/mol. The van der Waals surface area contributed by atoms with Crippen LogP contribution in [-0.4, -0.2) is 270 Å². The number of amides is 7. The van der Waals surface area contributed by atoms with Gasteiger partial charge in [0.15, 0.2) is 17.3 Å². The maximum absolute atomic E-state index is 14.2. The molecule has 2 saturated heterocycles. The van der Waals surface area contributed by atoms with Crippen molar-refractivity contribution in [1.82, 2.24) is 30.2 Å². The van der Waals surface area contributed by atoms with Gasteiger partial charge in [0.1, 0.15) is 5.75 Å². The lowest BCUT2D eigenvalue weighted by Gasteiger charge is -2.34. The van der Waals surface area contributed by atoms with Crippen LogP contribution in [0.4, 0.5) is 22.7 Å². The van der Waals surface area contributed by atoms with Gasteiger partial charge < -0.3 is 87.7 Å². The molecule has 29 nitrogen and oxygen atoms in total. The fourth-order valence-electron chi connectivity index (χ4n) is 13.7. The smallest absolute Gasteiger partial charge is 0.260 e. The number of benzene rings is 4. The summed E-state index contributed by atoms with van der Waals surface area (Å²) in [4.78, 5) is 123. The van der Waals surface area contributed by atoms with Crippen LogP contribution in [-0.2, 0) is 66.7 Å². The van der Waals surface area contributed by atoms with E-state index >= 15 is 0 Å². The Kier molecular flexibility index (Phi) is 35.5. The molecule has 5 atom stereocenters. The molecule has 6 aliphatic heterocycles. The van der Waals surface area contributed by atoms with Crippen molar-refractivity contribution >= 4 is 93.5 Å². The highest BCUT2D eigenvalue weighted by molar-refractivity contribution is 6.07. The first-order chi connectivity index (χ1) is 54.8. The molecule has 4 aromatic rings. The zero-order valence-corrected chi connectivity index (χ0v) is 66.4. The Morgan fingerprint density at radius 1 is 0.553 bits per heavy atom. The molecule has 29 heteroatoms. The van der Waals surface area contributed by atoms with E-state index < -0.39 is 12.0 Å². The molecule has 10 rings (SSSR count). The number of rotatable bonds is 49. The maximum atomic E-state index is 14.2. The van der Waals surface area contributed by atoms with Crippen LogP contribution in [0.5, 0.6) is 17.2 Å². The highest BCUT2D eigenvalue weighted by Crippen LogP contribution is 2.42. The summed E-state index contributed by atoms with van der Waals surface area (Å²) in [5.74, 6) is -1.48. The Balaban J connectivity index is 0.0000149. The average Bonchev–Trinajstić information content (AvgIpc) is 1.62. The van der Waals surface area contributed by atoms with Gasteiger partial charge >= 0.3 is 0 Å². The number of aliphatic imine (C=N–C) groups is 2. The van der Waals surface area contributed by atoms with Crippen molar-refractivity contribution in [3.05, 3.63) is 113 Å². The molecule has 0 radical (unpaired) electrons. The van der Waals surface area contributed by atoms with Gasteiger partial charge in [-0.3, -0.25) is 53.2 Å². The van der Waals surface area contributed by atoms with Crippen LogP contribution < -0.4 is 35.1 Å². The first-order valence-corrected chi connectivity index (χ1v) is 39.6. The fraction of sp³-hybridized carbons (Fsp3) is 0.553. The van der Waals surface area contributed by atoms with Crippen molar-refractivity contribution in [3.8, 4) is 17.2 Å². The number of unbranched alkanes of at least 4 members (excludes halogenated alkanes) is 2. The molecule has 3 N–H and O–H groups in total. The average molecular weight is 1580 g/mol. The standard InChI is InChI=1S/C84H112N10O19.CH4/c1-57(2)80(89-78(97)20-29-104-31-33-106-35-37-108-39-41-110-43-44-111-42-40-109-38-36-107-34-32-105-30-21-85-77(96)19-22-92-79(98)47-60(5)82(92)100)73(95)46-59(4)81(99)88-65-15-11-61(12-16-65)63-48-67-53-86-71-51-74(58(3)45-69(71)83(101)93(67)55-63)112-27-9-8-10-28-113-76-52-72-70(50-75(76)103-7)84(102)94-56-64(49-68(94)54-87-72)62-13-17-66(18-14-62)91-25-23-90(6)24-26-91;/h11-18,45,50-57,59-60,67-68,80H,8-10,19-44,46-49H2,1-7H3,(H,85,96)(H,88,99)(H,89,97);1H4/t59-,60?,67+,68+,80+;/m1./s1. The van der Waals surface area contributed by atoms with Gasteiger partial charge in [0.2, 0.25) is 29.5 Å². The Hall–Kier alpha value is -9.30. The number of ether oxygens (including phenoxy) is 11. The lowest BCUT2D eigenvalue weighted by Crippen LogP contribution is -2.45. The number of ketones is 1. The fourth-order valence-corrected chi connectivity index (χ4v) is 13.7. The molecule has 2 fully saturated rings. The van der Waals surface area contributed by atoms with E-state index in [2.05, 4.69) is 57.1 Å². The van der Waals surface area contributed by atoms with Crippen LogP contribution in [0.15, 0.2) is 95.2 Å². The SMILES string of the molecule is C.COc1cc2c(cc1OCCCCCOc1cc3c(cc1C)C(=O)N1C=C(c4ccc(NC(=O)[C@H](C)CC(=O)[C@@H](NC(=O)CCOCCOCCOCCOCCOCCOCCOCCOCCNC(=O)CCN5C(=O)CC(C)C5=O)C(C)C)cc4)C[C@H]1C=N3)N=C[C@@H]1CC(c3ccc(N4CCN(C)CC4)cc3)=CN1C2=O. The lowest BCUT2D eigenvalue weighted by atomic mass is 9.92. The zero-order valence-electron chi connectivity index (χ0n) is 66.4. The van der Waals surface area contributed by atoms with E-state index in [-0.39, 0.29) is 124 Å². The van der Waals surface area contributed by atoms with Crippen molar-refractivity contribution in [2.75, 3.05) is 183 Å². The normalized spacial score (nSPS) is 17.7. The summed E-state index contributed by atoms with van der Waals surface area (Å²) in [5, 5.41) is 8.48. The molecule has 7 amide bonds. The molecule has 1 unspecified atom stereocenters. The molecule has 114 heavy (non-hydrogen) atoms. The minimum Gasteiger partial charge on any atom is -0.493 e. The number of anilines is 2. The summed E-state index contributed by atoms with van der Waals surface area (Å²) in [6, 6.07) is 22.0. The number of piperazine rings is 1. The Labute approximate surface area is 669 Å². The van der Waals surface area contributed by atoms with Gasteiger partial charge in [0.25, 0.3) is 11.8 Å². The van der Waals surface area contributed by atoms with E-state index in [4.69, 9.17) is 62.1 Å². The minimum absolute atomic E-state index is 0. The summed E-state index contributed by atoms with van der Waals surface area (Å²) < 4.78 is 62.5. The number of imide groups is 1. The van der Waals surface area contributed by atoms with Crippen LogP contribution in [0.2, 0.25) is 0 Å². The number of nitrogens with one attached hydrogen (secondary N) is 3. The van der Waals surface area contributed by atoms with Crippen LogP contribution in [0.1, 0.15) is 130 Å². The van der Waals surface area contributed by atoms with E-state index in [9.17, 15) is 38.4 Å². The van der Waals surface area contributed by atoms with Gasteiger partial charge in [0, 0.05) is 138 Å². The number of carbonyl (C=O) groups is 8. The number of likely N-dealkylation sites (tertiary alicyclic amines) is 1. The van der Waals surface area contributed by atoms with E-state index in [0.29, 0.717) is 171 Å². The number of methoxy groups -OCH3 is 1. The number of Topliss-reactive ketones (excluding diaryl/α,β-unsaturated/α-hetero) is 1. The summed E-state index contributed by atoms with van der Waals surface area (Å²) >= 11 is 0. The van der Waals surface area contributed by atoms with Crippen molar-refractivity contribution in [3.63, 3.8) is 0 Å². The lowest BCUT2D eigenvalue weighted by molar-refractivity contribution is -0.139. The van der Waals surface area contributed by atoms with E-state index in [1.165, 1.54) is 5.69 Å². The zero-order chi connectivity index (χ0) is 80.0. The van der Waals surface area contributed by atoms with Crippen molar-refractivity contribution in [1.29, 1.82) is 0 Å². The quantitative estimate of drug-likeness (QED) is 0.0274. The first-order valence-electron chi connectivity index (χ1n) is 39.6. The summed E-state index contributed by atoms with van der Waals surface area (Å²) in [6.45, 7) is 20.2. The van der Waals surface area contributed by atoms with Gasteiger partial charge in [-0.05, 0) is 103 Å². The van der Waals surface area contributed by atoms with E-state index in [0.717, 1.165) is 78.2 Å². The second-order valence-corrected chi connectivity index (χ2v) is 29.2. The van der Waals surface area contributed by atoms with Gasteiger partial charge in [-0.1, -0.05) is 59.4 Å². The highest BCUT2D eigenvalue weighted by Gasteiger charge is 2.38. The third kappa shape index (κ3) is 26.1. The molecular formula is C85H116N10O19. The molecule has 620 valence electrons. The van der Waals surface area contributed by atoms with Gasteiger partial charge in [-0.15, -0.1) is 0 Å². The second kappa shape index (κ2) is 45.7. The number of hydrogen-bond acceptors (Lipinski definition) is 23. The van der Waals surface area contributed by atoms with Crippen molar-refractivity contribution < 1.29 is 90.5 Å². The number of aryl methyl sites for hydroxylation is 1. The van der Waals surface area contributed by atoms with E-state index in [1.54, 1.807) is 61.2 Å². The van der Waals surface area contributed by atoms with Crippen molar-refractivity contribution in [2.45, 2.75) is 118 Å². The molecule has 0 aromatic heterocycles. The summed E-state index contributed by atoms with van der Waals surface area (Å²) in [7, 11) is 3.73. The molecule has 6 aliphatic rings. The maximum Gasteiger partial charge on any atom is 0.260 e. The number of hydrogen-bond donors (Lipinski definition) is 3. The minimum atomic E-state index is -0.782. The molecule has 6 heterocycles. The number of nitrogens with zero attached hydrogens (tertiary/aromatic N) is 7. The van der Waals surface area contributed by atoms with E-state index in [1.807, 2.05) is 63.7 Å². The summed E-state index contributed by atoms with van der Waals surface area (Å²) in [6.07, 6.45) is 11.3. The second-order valence-electron chi connectivity index (χ2n) is 29.2. The third-order valence-corrected chi connectivity index (χ3v) is 20.3. The van der Waals surface area contributed by atoms with Gasteiger partial charge in [-0.25, -0.2) is 0 Å². The molecule has 0 saturated carbocycles. The van der Waals surface area contributed by atoms with Crippen LogP contribution in [0, 0.1) is 24.7 Å². The predicted molar refractivity (Wildman–Crippen MR) is 433 cm³/mol. The van der Waals surface area contributed by atoms with Crippen LogP contribution in [0.25, 0.3) is 11.1 Å². The molecule has 0 spiro atoms. The molecule has 0 aliphatic carbocycles. The largest absolute Gasteiger partial charge is 0.493 e. The number of carbonyl (C=O) groups excluding carboxylic acids is 8. The highest BCUT2D eigenvalue weighted by atomic mass is 16.6. The number of fused-ring (bicyclic) bond motifs is 4. The van der Waals surface area contributed by atoms with Crippen LogP contribution in [0.3, 0.4) is 0 Å². The van der Waals surface area contributed by atoms with Crippen LogP contribution >= 0.6 is 0 Å². The molecule has 4 aromatic carbocycles. The predicted octanol–water partition coefficient (Wildman–Crippen LogP) is 9.06. The summed E-state index contributed by atoms with van der Waals surface area (Å²) in [5.41, 5.74) is 8.64. The van der Waals surface area contributed by atoms with Crippen molar-refractivity contribution in [2.24, 2.45) is 27.7 Å². The Morgan fingerprint density at radius 2 is 1.04 bits per heavy atom. The van der Waals surface area contributed by atoms with Gasteiger partial charge in [-0.2, -0.15) is 0 Å². The molecular weight excluding hydrogens is 1460 g/mol. The third-order valence-electron chi connectivity index (χ3n) is 20.3. The Morgan fingerprint density at radius 3 is 1.55 bits per heavy atom. The molecule has 0 bridgehead atoms. The first kappa shape index (κ1) is 88.6. The van der Waals surface area contributed by atoms with Gasteiger partial charge in [0.05, 0.1) is 167 Å². The topological polar surface area (TPSA) is 315 Å². The number of likely N-dealkylation sites (N-methyl/N-ethyl adjacent to an activating group) is 1.